The second-order valence-corrected chi connectivity index (χ2v) is 5.60. The molecule has 0 amide bonds. The normalized spacial score (nSPS) is 17.5. The molecule has 0 aliphatic heterocycles. The number of fused-ring (bicyclic) bond motifs is 1. The van der Waals surface area contributed by atoms with E-state index in [1.54, 1.807) is 17.1 Å². The van der Waals surface area contributed by atoms with Crippen molar-refractivity contribution < 1.29 is 9.90 Å². The zero-order chi connectivity index (χ0) is 14.8. The molecule has 0 fully saturated rings. The number of carboxylic acid groups (broad SMARTS) is 1. The maximum atomic E-state index is 11.5. The largest absolute Gasteiger partial charge is 0.476 e. The Bertz CT molecular complexity index is 649. The fraction of sp³-hybridized carbons (Fsp3) is 0.438. The van der Waals surface area contributed by atoms with Crippen LogP contribution < -0.4 is 0 Å². The standard InChI is InChI=1S/C16H19N3O2/c1-2-4-11-6-7-14-13(9-11)15(16(20)21)18-19(14)12-5-3-8-17-10-12/h3,5,8,10-11H,2,4,6-7,9H2,1H3,(H,20,21). The molecule has 0 aromatic carbocycles. The Morgan fingerprint density at radius 3 is 3.05 bits per heavy atom. The Labute approximate surface area is 123 Å². The molecule has 110 valence electrons. The first-order valence-electron chi connectivity index (χ1n) is 7.45. The van der Waals surface area contributed by atoms with Gasteiger partial charge in [0.25, 0.3) is 0 Å². The monoisotopic (exact) mass is 285 g/mol. The zero-order valence-corrected chi connectivity index (χ0v) is 12.1. The maximum Gasteiger partial charge on any atom is 0.356 e. The highest BCUT2D eigenvalue weighted by Gasteiger charge is 2.29. The summed E-state index contributed by atoms with van der Waals surface area (Å²) in [5.41, 5.74) is 2.98. The van der Waals surface area contributed by atoms with Crippen molar-refractivity contribution >= 4 is 5.97 Å². The number of hydrogen-bond acceptors (Lipinski definition) is 3. The van der Waals surface area contributed by atoms with Gasteiger partial charge in [0.2, 0.25) is 0 Å². The van der Waals surface area contributed by atoms with Crippen LogP contribution in [0.2, 0.25) is 0 Å². The molecule has 0 bridgehead atoms. The van der Waals surface area contributed by atoms with Gasteiger partial charge in [-0.1, -0.05) is 19.8 Å². The van der Waals surface area contributed by atoms with Gasteiger partial charge in [0.05, 0.1) is 11.9 Å². The van der Waals surface area contributed by atoms with Gasteiger partial charge in [-0.15, -0.1) is 0 Å². The van der Waals surface area contributed by atoms with Gasteiger partial charge in [0, 0.05) is 17.5 Å². The minimum Gasteiger partial charge on any atom is -0.476 e. The van der Waals surface area contributed by atoms with Gasteiger partial charge in [-0.3, -0.25) is 4.98 Å². The van der Waals surface area contributed by atoms with E-state index in [0.717, 1.165) is 49.0 Å². The van der Waals surface area contributed by atoms with E-state index >= 15 is 0 Å². The minimum absolute atomic E-state index is 0.203. The summed E-state index contributed by atoms with van der Waals surface area (Å²) in [7, 11) is 0. The summed E-state index contributed by atoms with van der Waals surface area (Å²) >= 11 is 0. The highest BCUT2D eigenvalue weighted by molar-refractivity contribution is 5.87. The quantitative estimate of drug-likeness (QED) is 0.938. The second-order valence-electron chi connectivity index (χ2n) is 5.60. The van der Waals surface area contributed by atoms with Crippen LogP contribution in [0.25, 0.3) is 5.69 Å². The molecular weight excluding hydrogens is 266 g/mol. The molecule has 5 heteroatoms. The second kappa shape index (κ2) is 5.68. The Morgan fingerprint density at radius 2 is 2.38 bits per heavy atom. The number of carboxylic acids is 1. The molecule has 1 unspecified atom stereocenters. The van der Waals surface area contributed by atoms with E-state index < -0.39 is 5.97 Å². The molecule has 1 aliphatic carbocycles. The number of hydrogen-bond donors (Lipinski definition) is 1. The topological polar surface area (TPSA) is 68.0 Å². The number of pyridine rings is 1. The first-order valence-corrected chi connectivity index (χ1v) is 7.45. The van der Waals surface area contributed by atoms with Crippen LogP contribution in [0.15, 0.2) is 24.5 Å². The molecule has 1 atom stereocenters. The van der Waals surface area contributed by atoms with Crippen LogP contribution in [-0.2, 0) is 12.8 Å². The predicted octanol–water partition coefficient (Wildman–Crippen LogP) is 2.87. The lowest BCUT2D eigenvalue weighted by atomic mass is 9.84. The third kappa shape index (κ3) is 2.55. The van der Waals surface area contributed by atoms with Crippen molar-refractivity contribution in [2.75, 3.05) is 0 Å². The molecular formula is C16H19N3O2. The molecule has 0 spiro atoms. The van der Waals surface area contributed by atoms with E-state index in [0.29, 0.717) is 5.92 Å². The summed E-state index contributed by atoms with van der Waals surface area (Å²) in [5, 5.41) is 13.8. The van der Waals surface area contributed by atoms with E-state index in [2.05, 4.69) is 17.0 Å². The lowest BCUT2D eigenvalue weighted by Gasteiger charge is -2.22. The highest BCUT2D eigenvalue weighted by atomic mass is 16.4. The average molecular weight is 285 g/mol. The van der Waals surface area contributed by atoms with Crippen LogP contribution in [0.1, 0.15) is 47.9 Å². The molecule has 21 heavy (non-hydrogen) atoms. The van der Waals surface area contributed by atoms with Gasteiger partial charge in [-0.25, -0.2) is 9.48 Å². The summed E-state index contributed by atoms with van der Waals surface area (Å²) < 4.78 is 1.76. The number of nitrogens with zero attached hydrogens (tertiary/aromatic N) is 3. The summed E-state index contributed by atoms with van der Waals surface area (Å²) in [6.45, 7) is 2.17. The number of aromatic carboxylic acids is 1. The first kappa shape index (κ1) is 13.8. The number of carbonyl (C=O) groups is 1. The molecule has 5 nitrogen and oxygen atoms in total. The van der Waals surface area contributed by atoms with Crippen molar-refractivity contribution in [1.82, 2.24) is 14.8 Å². The molecule has 1 aliphatic rings. The Hall–Kier alpha value is -2.17. The fourth-order valence-corrected chi connectivity index (χ4v) is 3.21. The smallest absolute Gasteiger partial charge is 0.356 e. The SMILES string of the molecule is CCCC1CCc2c(c(C(=O)O)nn2-c2cccnc2)C1. The van der Waals surface area contributed by atoms with Gasteiger partial charge in [0.15, 0.2) is 5.69 Å². The van der Waals surface area contributed by atoms with Crippen LogP contribution >= 0.6 is 0 Å². The first-order chi connectivity index (χ1) is 10.2. The number of aromatic nitrogens is 3. The van der Waals surface area contributed by atoms with E-state index in [1.807, 2.05) is 12.1 Å². The van der Waals surface area contributed by atoms with Crippen LogP contribution in [0.4, 0.5) is 0 Å². The van der Waals surface area contributed by atoms with Crippen LogP contribution in [0.5, 0.6) is 0 Å². The van der Waals surface area contributed by atoms with Crippen molar-refractivity contribution in [3.8, 4) is 5.69 Å². The fourth-order valence-electron chi connectivity index (χ4n) is 3.21. The van der Waals surface area contributed by atoms with Gasteiger partial charge < -0.3 is 5.11 Å². The average Bonchev–Trinajstić information content (AvgIpc) is 2.87. The van der Waals surface area contributed by atoms with Gasteiger partial charge in [-0.05, 0) is 37.3 Å². The van der Waals surface area contributed by atoms with Gasteiger partial charge in [-0.2, -0.15) is 5.10 Å². The number of rotatable bonds is 4. The molecule has 3 rings (SSSR count). The third-order valence-electron chi connectivity index (χ3n) is 4.16. The van der Waals surface area contributed by atoms with Gasteiger partial charge >= 0.3 is 5.97 Å². The molecule has 0 saturated heterocycles. The predicted molar refractivity (Wildman–Crippen MR) is 78.7 cm³/mol. The van der Waals surface area contributed by atoms with Crippen molar-refractivity contribution in [2.45, 2.75) is 39.0 Å². The van der Waals surface area contributed by atoms with Crippen molar-refractivity contribution in [3.63, 3.8) is 0 Å². The van der Waals surface area contributed by atoms with E-state index in [-0.39, 0.29) is 5.69 Å². The Morgan fingerprint density at radius 1 is 1.52 bits per heavy atom. The van der Waals surface area contributed by atoms with E-state index in [9.17, 15) is 9.90 Å². The van der Waals surface area contributed by atoms with Crippen LogP contribution in [0, 0.1) is 5.92 Å². The third-order valence-corrected chi connectivity index (χ3v) is 4.16. The summed E-state index contributed by atoms with van der Waals surface area (Å²) in [5.74, 6) is -0.363. The molecule has 2 aromatic rings. The van der Waals surface area contributed by atoms with Crippen molar-refractivity contribution in [1.29, 1.82) is 0 Å². The molecule has 0 radical (unpaired) electrons. The molecule has 1 N–H and O–H groups in total. The molecule has 0 saturated carbocycles. The van der Waals surface area contributed by atoms with Crippen LogP contribution in [-0.4, -0.2) is 25.8 Å². The Kier molecular flexibility index (Phi) is 3.73. The van der Waals surface area contributed by atoms with E-state index in [1.165, 1.54) is 0 Å². The zero-order valence-electron chi connectivity index (χ0n) is 12.1. The minimum atomic E-state index is -0.939. The highest BCUT2D eigenvalue weighted by Crippen LogP contribution is 2.32. The molecule has 2 aromatic heterocycles. The maximum absolute atomic E-state index is 11.5. The summed E-state index contributed by atoms with van der Waals surface area (Å²) in [4.78, 5) is 15.6. The van der Waals surface area contributed by atoms with Crippen molar-refractivity contribution in [2.24, 2.45) is 5.92 Å². The summed E-state index contributed by atoms with van der Waals surface area (Å²) in [6.07, 6.45) is 8.52. The van der Waals surface area contributed by atoms with Gasteiger partial charge in [0.1, 0.15) is 0 Å². The Balaban J connectivity index is 2.05. The lowest BCUT2D eigenvalue weighted by Crippen LogP contribution is -2.17. The van der Waals surface area contributed by atoms with Crippen molar-refractivity contribution in [3.05, 3.63) is 41.5 Å². The van der Waals surface area contributed by atoms with Crippen LogP contribution in [0.3, 0.4) is 0 Å². The van der Waals surface area contributed by atoms with E-state index in [4.69, 9.17) is 0 Å². The lowest BCUT2D eigenvalue weighted by molar-refractivity contribution is 0.0688. The molecule has 2 heterocycles. The summed E-state index contributed by atoms with van der Waals surface area (Å²) in [6, 6.07) is 3.75.